The second kappa shape index (κ2) is 2.68. The van der Waals surface area contributed by atoms with Crippen LogP contribution in [0.1, 0.15) is 5.69 Å². The van der Waals surface area contributed by atoms with Crippen molar-refractivity contribution >= 4 is 18.2 Å². The third-order valence-electron chi connectivity index (χ3n) is 1.14. The number of aryl methyl sites for hydroxylation is 1. The molecule has 4 nitrogen and oxygen atoms in total. The first kappa shape index (κ1) is 8.23. The van der Waals surface area contributed by atoms with Crippen LogP contribution in [0.2, 0.25) is 0 Å². The molecule has 0 aliphatic carbocycles. The number of nitrogens with zero attached hydrogens (tertiary/aromatic N) is 3. The highest BCUT2D eigenvalue weighted by molar-refractivity contribution is 5.85. The predicted octanol–water partition coefficient (Wildman–Crippen LogP) is 0.128. The molecule has 0 bridgehead atoms. The molecule has 52 valence electrons. The van der Waals surface area contributed by atoms with Crippen molar-refractivity contribution in [2.24, 2.45) is 7.05 Å². The first-order chi connectivity index (χ1) is 3.72. The van der Waals surface area contributed by atoms with Crippen molar-refractivity contribution < 1.29 is 0 Å². The zero-order valence-electron chi connectivity index (χ0n) is 5.33. The van der Waals surface area contributed by atoms with Crippen LogP contribution in [0.4, 0.5) is 5.82 Å². The van der Waals surface area contributed by atoms with Gasteiger partial charge in [-0.3, -0.25) is 4.68 Å². The molecule has 0 aromatic carbocycles. The first-order valence-corrected chi connectivity index (χ1v) is 2.33. The molecule has 0 spiro atoms. The number of nitrogen functional groups attached to an aromatic ring is 1. The van der Waals surface area contributed by atoms with Crippen LogP contribution in [0, 0.1) is 6.92 Å². The van der Waals surface area contributed by atoms with E-state index in [9.17, 15) is 0 Å². The molecule has 0 saturated carbocycles. The molecule has 1 aromatic heterocycles. The molecular weight excluding hydrogens is 140 g/mol. The summed E-state index contributed by atoms with van der Waals surface area (Å²) >= 11 is 0. The van der Waals surface area contributed by atoms with Crippen LogP contribution in [0.15, 0.2) is 0 Å². The Morgan fingerprint density at radius 1 is 1.56 bits per heavy atom. The van der Waals surface area contributed by atoms with Crippen LogP contribution in [-0.4, -0.2) is 15.0 Å². The second-order valence-electron chi connectivity index (χ2n) is 1.68. The summed E-state index contributed by atoms with van der Waals surface area (Å²) in [5, 5.41) is 7.26. The Morgan fingerprint density at radius 3 is 2.22 bits per heavy atom. The van der Waals surface area contributed by atoms with Crippen LogP contribution < -0.4 is 5.73 Å². The largest absolute Gasteiger partial charge is 0.381 e. The smallest absolute Gasteiger partial charge is 0.168 e. The quantitative estimate of drug-likeness (QED) is 0.569. The summed E-state index contributed by atoms with van der Waals surface area (Å²) in [6.07, 6.45) is 0. The maximum absolute atomic E-state index is 5.35. The van der Waals surface area contributed by atoms with E-state index in [0.29, 0.717) is 5.82 Å². The normalized spacial score (nSPS) is 8.67. The zero-order chi connectivity index (χ0) is 6.15. The molecular formula is C4H9ClN4. The van der Waals surface area contributed by atoms with Gasteiger partial charge < -0.3 is 5.73 Å². The number of aromatic nitrogens is 3. The van der Waals surface area contributed by atoms with Gasteiger partial charge in [-0.25, -0.2) is 0 Å². The van der Waals surface area contributed by atoms with Crippen LogP contribution in [0.25, 0.3) is 0 Å². The van der Waals surface area contributed by atoms with E-state index in [1.165, 1.54) is 0 Å². The SMILES string of the molecule is Cc1c(N)nnn1C.Cl. The predicted molar refractivity (Wildman–Crippen MR) is 37.4 cm³/mol. The molecule has 0 radical (unpaired) electrons. The maximum Gasteiger partial charge on any atom is 0.168 e. The average Bonchev–Trinajstić information content (AvgIpc) is 1.98. The van der Waals surface area contributed by atoms with Crippen molar-refractivity contribution in [3.63, 3.8) is 0 Å². The van der Waals surface area contributed by atoms with E-state index in [4.69, 9.17) is 5.73 Å². The van der Waals surface area contributed by atoms with E-state index < -0.39 is 0 Å². The third-order valence-corrected chi connectivity index (χ3v) is 1.14. The van der Waals surface area contributed by atoms with Gasteiger partial charge in [0.2, 0.25) is 0 Å². The highest BCUT2D eigenvalue weighted by Crippen LogP contribution is 2.00. The monoisotopic (exact) mass is 148 g/mol. The lowest BCUT2D eigenvalue weighted by Crippen LogP contribution is -1.93. The van der Waals surface area contributed by atoms with Crippen LogP contribution in [-0.2, 0) is 7.05 Å². The van der Waals surface area contributed by atoms with Crippen molar-refractivity contribution in [1.82, 2.24) is 15.0 Å². The summed E-state index contributed by atoms with van der Waals surface area (Å²) in [6.45, 7) is 1.87. The molecule has 1 rings (SSSR count). The van der Waals surface area contributed by atoms with Gasteiger partial charge in [0.05, 0.1) is 5.69 Å². The van der Waals surface area contributed by atoms with Gasteiger partial charge in [-0.05, 0) is 6.92 Å². The molecule has 0 amide bonds. The van der Waals surface area contributed by atoms with Crippen molar-refractivity contribution in [3.8, 4) is 0 Å². The van der Waals surface area contributed by atoms with E-state index in [1.807, 2.05) is 6.92 Å². The molecule has 5 heteroatoms. The molecule has 1 aromatic rings. The number of halogens is 1. The fourth-order valence-corrected chi connectivity index (χ4v) is 0.420. The van der Waals surface area contributed by atoms with Crippen molar-refractivity contribution in [3.05, 3.63) is 5.69 Å². The Bertz CT molecular complexity index is 175. The minimum absolute atomic E-state index is 0. The van der Waals surface area contributed by atoms with Crippen molar-refractivity contribution in [1.29, 1.82) is 0 Å². The van der Waals surface area contributed by atoms with E-state index in [-0.39, 0.29) is 12.4 Å². The Balaban J connectivity index is 0.000000640. The van der Waals surface area contributed by atoms with Gasteiger partial charge >= 0.3 is 0 Å². The molecule has 0 fully saturated rings. The van der Waals surface area contributed by atoms with Crippen molar-refractivity contribution in [2.45, 2.75) is 6.92 Å². The molecule has 0 saturated heterocycles. The number of hydrogen-bond donors (Lipinski definition) is 1. The van der Waals surface area contributed by atoms with Crippen LogP contribution >= 0.6 is 12.4 Å². The lowest BCUT2D eigenvalue weighted by molar-refractivity contribution is 0.696. The summed E-state index contributed by atoms with van der Waals surface area (Å²) in [7, 11) is 1.80. The number of nitrogens with two attached hydrogens (primary N) is 1. The Labute approximate surface area is 59.4 Å². The van der Waals surface area contributed by atoms with E-state index >= 15 is 0 Å². The Kier molecular flexibility index (Phi) is 2.45. The van der Waals surface area contributed by atoms with E-state index in [1.54, 1.807) is 11.7 Å². The van der Waals surface area contributed by atoms with Gasteiger partial charge in [-0.2, -0.15) is 0 Å². The Morgan fingerprint density at radius 2 is 2.11 bits per heavy atom. The Hall–Kier alpha value is -0.770. The molecule has 0 unspecified atom stereocenters. The molecule has 1 heterocycles. The third kappa shape index (κ3) is 1.32. The van der Waals surface area contributed by atoms with Crippen molar-refractivity contribution in [2.75, 3.05) is 5.73 Å². The highest BCUT2D eigenvalue weighted by atomic mass is 35.5. The van der Waals surface area contributed by atoms with Crippen LogP contribution in [0.5, 0.6) is 0 Å². The standard InChI is InChI=1S/C4H8N4.ClH/c1-3-4(5)6-7-8(3)2;/h5H2,1-2H3;1H. The topological polar surface area (TPSA) is 56.7 Å². The lowest BCUT2D eigenvalue weighted by Gasteiger charge is -1.87. The molecule has 0 aliphatic rings. The summed E-state index contributed by atoms with van der Waals surface area (Å²) in [5.41, 5.74) is 6.25. The fraction of sp³-hybridized carbons (Fsp3) is 0.500. The minimum Gasteiger partial charge on any atom is -0.381 e. The average molecular weight is 149 g/mol. The number of anilines is 1. The molecule has 0 aliphatic heterocycles. The lowest BCUT2D eigenvalue weighted by atomic mass is 10.5. The molecule has 9 heavy (non-hydrogen) atoms. The molecule has 2 N–H and O–H groups in total. The molecule has 0 atom stereocenters. The van der Waals surface area contributed by atoms with Crippen LogP contribution in [0.3, 0.4) is 0 Å². The van der Waals surface area contributed by atoms with Gasteiger partial charge in [0.15, 0.2) is 5.82 Å². The summed E-state index contributed by atoms with van der Waals surface area (Å²) in [5.74, 6) is 0.507. The zero-order valence-corrected chi connectivity index (χ0v) is 6.14. The van der Waals surface area contributed by atoms with Gasteiger partial charge in [0, 0.05) is 7.05 Å². The summed E-state index contributed by atoms with van der Waals surface area (Å²) < 4.78 is 1.63. The van der Waals surface area contributed by atoms with E-state index in [2.05, 4.69) is 10.3 Å². The first-order valence-electron chi connectivity index (χ1n) is 2.33. The maximum atomic E-state index is 5.35. The van der Waals surface area contributed by atoms with Gasteiger partial charge in [-0.15, -0.1) is 17.5 Å². The van der Waals surface area contributed by atoms with E-state index in [0.717, 1.165) is 5.69 Å². The highest BCUT2D eigenvalue weighted by Gasteiger charge is 1.96. The summed E-state index contributed by atoms with van der Waals surface area (Å²) in [4.78, 5) is 0. The fourth-order valence-electron chi connectivity index (χ4n) is 0.420. The summed E-state index contributed by atoms with van der Waals surface area (Å²) in [6, 6.07) is 0. The van der Waals surface area contributed by atoms with Gasteiger partial charge in [-0.1, -0.05) is 5.21 Å². The second-order valence-corrected chi connectivity index (χ2v) is 1.68. The van der Waals surface area contributed by atoms with Gasteiger partial charge in [0.1, 0.15) is 0 Å². The minimum atomic E-state index is 0. The number of rotatable bonds is 0. The number of hydrogen-bond acceptors (Lipinski definition) is 3. The van der Waals surface area contributed by atoms with Gasteiger partial charge in [0.25, 0.3) is 0 Å².